The molecule has 0 radical (unpaired) electrons. The molecule has 0 aromatic heterocycles. The second-order valence-electron chi connectivity index (χ2n) is 8.39. The summed E-state index contributed by atoms with van der Waals surface area (Å²) in [6.45, 7) is 5.68. The predicted molar refractivity (Wildman–Crippen MR) is 80.6 cm³/mol. The molecule has 0 aromatic rings. The van der Waals surface area contributed by atoms with Gasteiger partial charge in [-0.25, -0.2) is 0 Å². The number of carbonyl (C=O) groups is 1. The van der Waals surface area contributed by atoms with Gasteiger partial charge < -0.3 is 4.74 Å². The van der Waals surface area contributed by atoms with Crippen molar-refractivity contribution in [3.63, 3.8) is 0 Å². The number of hydrogen-bond acceptors (Lipinski definition) is 2. The molecule has 0 amide bonds. The van der Waals surface area contributed by atoms with Crippen molar-refractivity contribution in [1.82, 2.24) is 0 Å². The van der Waals surface area contributed by atoms with Crippen molar-refractivity contribution in [2.75, 3.05) is 0 Å². The molecular weight excluding hydrogens is 305 g/mol. The van der Waals surface area contributed by atoms with Crippen LogP contribution in [0.5, 0.6) is 0 Å². The van der Waals surface area contributed by atoms with E-state index >= 15 is 0 Å². The van der Waals surface area contributed by atoms with Gasteiger partial charge in [-0.2, -0.15) is 13.2 Å². The quantitative estimate of drug-likeness (QED) is 0.657. The highest BCUT2D eigenvalue weighted by Gasteiger charge is 2.73. The van der Waals surface area contributed by atoms with Crippen LogP contribution in [0.2, 0.25) is 0 Å². The number of esters is 1. The average molecular weight is 332 g/mol. The van der Waals surface area contributed by atoms with Gasteiger partial charge in [0.15, 0.2) is 5.41 Å². The van der Waals surface area contributed by atoms with Crippen molar-refractivity contribution in [2.24, 2.45) is 29.1 Å². The fraction of sp³-hybridized carbons (Fsp3) is 0.944. The summed E-state index contributed by atoms with van der Waals surface area (Å²) in [6.07, 6.45) is 0.152. The van der Waals surface area contributed by atoms with E-state index in [1.54, 1.807) is 6.92 Å². The monoisotopic (exact) mass is 332 g/mol. The van der Waals surface area contributed by atoms with Crippen molar-refractivity contribution in [1.29, 1.82) is 0 Å². The van der Waals surface area contributed by atoms with E-state index in [0.29, 0.717) is 19.3 Å². The van der Waals surface area contributed by atoms with Crippen LogP contribution in [0.4, 0.5) is 13.2 Å². The normalized spacial score (nSPS) is 42.7. The van der Waals surface area contributed by atoms with Gasteiger partial charge in [0.1, 0.15) is 5.60 Å². The Labute approximate surface area is 136 Å². The van der Waals surface area contributed by atoms with E-state index in [2.05, 4.69) is 0 Å². The largest absolute Gasteiger partial charge is 0.459 e. The summed E-state index contributed by atoms with van der Waals surface area (Å²) in [5.74, 6) is -1.46. The summed E-state index contributed by atoms with van der Waals surface area (Å²) < 4.78 is 47.6. The smallest absolute Gasteiger partial charge is 0.405 e. The number of fused-ring (bicyclic) bond motifs is 2. The maximum atomic E-state index is 14.0. The number of rotatable bonds is 2. The molecule has 2 nitrogen and oxygen atoms in total. The molecule has 3 aliphatic carbocycles. The Balaban J connectivity index is 1.88. The summed E-state index contributed by atoms with van der Waals surface area (Å²) in [5.41, 5.74) is -2.99. The maximum absolute atomic E-state index is 14.0. The minimum Gasteiger partial charge on any atom is -0.459 e. The number of carbonyl (C=O) groups excluding carboxylic acids is 1. The van der Waals surface area contributed by atoms with Gasteiger partial charge in [0, 0.05) is 0 Å². The molecule has 2 bridgehead atoms. The van der Waals surface area contributed by atoms with Gasteiger partial charge >= 0.3 is 12.1 Å². The summed E-state index contributed by atoms with van der Waals surface area (Å²) in [6, 6.07) is 0. The molecule has 3 fully saturated rings. The highest BCUT2D eigenvalue weighted by Crippen LogP contribution is 2.66. The van der Waals surface area contributed by atoms with Gasteiger partial charge in [0.05, 0.1) is 0 Å². The van der Waals surface area contributed by atoms with Gasteiger partial charge in [-0.3, -0.25) is 4.79 Å². The van der Waals surface area contributed by atoms with Crippen molar-refractivity contribution in [2.45, 2.75) is 77.5 Å². The van der Waals surface area contributed by atoms with Gasteiger partial charge in [-0.1, -0.05) is 20.3 Å². The Morgan fingerprint density at radius 3 is 2.17 bits per heavy atom. The summed E-state index contributed by atoms with van der Waals surface area (Å²) in [7, 11) is 0. The van der Waals surface area contributed by atoms with E-state index in [4.69, 9.17) is 4.74 Å². The maximum Gasteiger partial charge on any atom is 0.405 e. The zero-order valence-electron chi connectivity index (χ0n) is 14.2. The van der Waals surface area contributed by atoms with E-state index in [1.807, 2.05) is 13.8 Å². The molecule has 0 heterocycles. The molecule has 23 heavy (non-hydrogen) atoms. The van der Waals surface area contributed by atoms with E-state index in [9.17, 15) is 18.0 Å². The minimum absolute atomic E-state index is 0.0108. The van der Waals surface area contributed by atoms with Crippen LogP contribution in [0, 0.1) is 29.1 Å². The Hall–Kier alpha value is -0.740. The third-order valence-electron chi connectivity index (χ3n) is 7.10. The number of halogens is 3. The standard InChI is InChI=1S/C18H27F3O2/c1-11-12(2)14-9-13(11)10-17(14,18(19,20)21)15(22)23-16(3)7-5-4-6-8-16/h11-14H,4-10H2,1-3H3. The lowest BCUT2D eigenvalue weighted by atomic mass is 9.65. The Morgan fingerprint density at radius 1 is 1.09 bits per heavy atom. The molecule has 0 saturated heterocycles. The molecule has 5 heteroatoms. The highest BCUT2D eigenvalue weighted by molar-refractivity contribution is 5.79. The minimum atomic E-state index is -4.52. The van der Waals surface area contributed by atoms with Crippen molar-refractivity contribution < 1.29 is 22.7 Å². The molecule has 132 valence electrons. The Morgan fingerprint density at radius 2 is 1.70 bits per heavy atom. The zero-order chi connectivity index (χ0) is 17.0. The predicted octanol–water partition coefficient (Wildman–Crippen LogP) is 5.11. The lowest BCUT2D eigenvalue weighted by Crippen LogP contribution is -2.54. The fourth-order valence-electron chi connectivity index (χ4n) is 5.43. The summed E-state index contributed by atoms with van der Waals surface area (Å²) in [4.78, 5) is 12.8. The van der Waals surface area contributed by atoms with Crippen LogP contribution in [-0.4, -0.2) is 17.7 Å². The molecule has 5 atom stereocenters. The van der Waals surface area contributed by atoms with Crippen molar-refractivity contribution in [3.8, 4) is 0 Å². The van der Waals surface area contributed by atoms with Crippen LogP contribution in [0.3, 0.4) is 0 Å². The van der Waals surface area contributed by atoms with Crippen LogP contribution >= 0.6 is 0 Å². The number of ether oxygens (including phenoxy) is 1. The number of hydrogen-bond donors (Lipinski definition) is 0. The molecule has 3 saturated carbocycles. The molecule has 5 unspecified atom stereocenters. The fourth-order valence-corrected chi connectivity index (χ4v) is 5.43. The van der Waals surface area contributed by atoms with Gasteiger partial charge in [0.2, 0.25) is 0 Å². The average Bonchev–Trinajstić information content (AvgIpc) is 2.97. The van der Waals surface area contributed by atoms with Crippen molar-refractivity contribution >= 4 is 5.97 Å². The lowest BCUT2D eigenvalue weighted by Gasteiger charge is -2.44. The molecule has 0 aromatic carbocycles. The lowest BCUT2D eigenvalue weighted by molar-refractivity contribution is -0.260. The van der Waals surface area contributed by atoms with E-state index in [0.717, 1.165) is 19.3 Å². The first-order chi connectivity index (χ1) is 10.6. The zero-order valence-corrected chi connectivity index (χ0v) is 14.2. The first-order valence-corrected chi connectivity index (χ1v) is 8.91. The van der Waals surface area contributed by atoms with E-state index in [1.165, 1.54) is 0 Å². The third kappa shape index (κ3) is 2.49. The number of alkyl halides is 3. The Kier molecular flexibility index (Phi) is 4.00. The third-order valence-corrected chi connectivity index (χ3v) is 7.10. The van der Waals surface area contributed by atoms with E-state index < -0.39 is 29.1 Å². The second kappa shape index (κ2) is 5.38. The van der Waals surface area contributed by atoms with Crippen LogP contribution in [0.1, 0.15) is 65.7 Å². The molecular formula is C18H27F3O2. The van der Waals surface area contributed by atoms with Crippen LogP contribution in [0.15, 0.2) is 0 Å². The molecule has 0 aliphatic heterocycles. The molecule has 0 N–H and O–H groups in total. The Bertz CT molecular complexity index is 479. The molecule has 0 spiro atoms. The van der Waals surface area contributed by atoms with E-state index in [-0.39, 0.29) is 24.2 Å². The molecule has 3 aliphatic rings. The van der Waals surface area contributed by atoms with Crippen LogP contribution in [-0.2, 0) is 9.53 Å². The first kappa shape index (κ1) is 17.1. The van der Waals surface area contributed by atoms with Crippen LogP contribution < -0.4 is 0 Å². The second-order valence-corrected chi connectivity index (χ2v) is 8.39. The first-order valence-electron chi connectivity index (χ1n) is 8.91. The molecule has 3 rings (SSSR count). The van der Waals surface area contributed by atoms with Gasteiger partial charge in [-0.15, -0.1) is 0 Å². The summed E-state index contributed by atoms with van der Waals surface area (Å²) in [5, 5.41) is 0. The summed E-state index contributed by atoms with van der Waals surface area (Å²) >= 11 is 0. The highest BCUT2D eigenvalue weighted by atomic mass is 19.4. The van der Waals surface area contributed by atoms with Gasteiger partial charge in [0.25, 0.3) is 0 Å². The van der Waals surface area contributed by atoms with Crippen molar-refractivity contribution in [3.05, 3.63) is 0 Å². The van der Waals surface area contributed by atoms with Gasteiger partial charge in [-0.05, 0) is 69.1 Å². The van der Waals surface area contributed by atoms with Crippen LogP contribution in [0.25, 0.3) is 0 Å². The topological polar surface area (TPSA) is 26.3 Å². The SMILES string of the molecule is CC1C2CC(C1C)C(C(=O)OC1(C)CCCCC1)(C(F)(F)F)C2.